The van der Waals surface area contributed by atoms with E-state index in [1.807, 2.05) is 12.3 Å². The molecule has 4 nitrogen and oxygen atoms in total. The van der Waals surface area contributed by atoms with Crippen LogP contribution in [0, 0.1) is 5.92 Å². The van der Waals surface area contributed by atoms with E-state index < -0.39 is 0 Å². The van der Waals surface area contributed by atoms with Gasteiger partial charge in [0.2, 0.25) is 0 Å². The van der Waals surface area contributed by atoms with Crippen LogP contribution in [0.4, 0.5) is 0 Å². The summed E-state index contributed by atoms with van der Waals surface area (Å²) in [7, 11) is 0. The highest BCUT2D eigenvalue weighted by Crippen LogP contribution is 2.44. The van der Waals surface area contributed by atoms with Crippen molar-refractivity contribution in [2.75, 3.05) is 6.54 Å². The molecule has 2 unspecified atom stereocenters. The minimum atomic E-state index is 0.466. The topological polar surface area (TPSA) is 44.8 Å². The number of benzene rings is 1. The first-order chi connectivity index (χ1) is 11.4. The van der Waals surface area contributed by atoms with Gasteiger partial charge >= 0.3 is 0 Å². The molecule has 1 N–H and O–H groups in total. The molecular formula is C19H20N4. The molecule has 5 rings (SSSR count). The molecule has 0 bridgehead atoms. The Morgan fingerprint density at radius 3 is 3.04 bits per heavy atom. The number of pyridine rings is 1. The number of fused-ring (bicyclic) bond motifs is 4. The molecule has 4 heteroatoms. The van der Waals surface area contributed by atoms with Crippen molar-refractivity contribution in [1.82, 2.24) is 19.9 Å². The van der Waals surface area contributed by atoms with E-state index in [9.17, 15) is 0 Å². The third-order valence-electron chi connectivity index (χ3n) is 5.41. The number of hydrogen-bond donors (Lipinski definition) is 1. The first kappa shape index (κ1) is 13.3. The second-order valence-electron chi connectivity index (χ2n) is 6.75. The Labute approximate surface area is 135 Å². The summed E-state index contributed by atoms with van der Waals surface area (Å²) in [6, 6.07) is 13.0. The lowest BCUT2D eigenvalue weighted by Gasteiger charge is -2.32. The Kier molecular flexibility index (Phi) is 2.98. The summed E-state index contributed by atoms with van der Waals surface area (Å²) in [6.45, 7) is 2.02. The minimum absolute atomic E-state index is 0.466. The predicted octanol–water partition coefficient (Wildman–Crippen LogP) is 3.47. The van der Waals surface area contributed by atoms with Gasteiger partial charge in [-0.05, 0) is 55.5 Å². The average molecular weight is 304 g/mol. The molecule has 0 saturated carbocycles. The van der Waals surface area contributed by atoms with E-state index in [2.05, 4.69) is 40.2 Å². The van der Waals surface area contributed by atoms with Crippen LogP contribution in [0.5, 0.6) is 0 Å². The standard InChI is InChI=1S/C19H20N4/c1-2-6-16-15(5-1)21-17(22-16)12-23-11-9-14-8-7-13-4-3-10-20-18(13)19(14)23/h1-6,10,14,19H,7-9,11-12H2,(H,21,22). The van der Waals surface area contributed by atoms with Crippen LogP contribution in [0.15, 0.2) is 42.6 Å². The number of rotatable bonds is 2. The van der Waals surface area contributed by atoms with E-state index in [1.165, 1.54) is 30.5 Å². The molecule has 3 heterocycles. The fourth-order valence-electron chi connectivity index (χ4n) is 4.34. The van der Waals surface area contributed by atoms with Crippen molar-refractivity contribution < 1.29 is 0 Å². The zero-order valence-electron chi connectivity index (χ0n) is 13.1. The van der Waals surface area contributed by atoms with Crippen molar-refractivity contribution in [1.29, 1.82) is 0 Å². The predicted molar refractivity (Wildman–Crippen MR) is 89.9 cm³/mol. The molecule has 1 aliphatic carbocycles. The van der Waals surface area contributed by atoms with Crippen molar-refractivity contribution in [3.63, 3.8) is 0 Å². The quantitative estimate of drug-likeness (QED) is 0.788. The number of aromatic nitrogens is 3. The minimum Gasteiger partial charge on any atom is -0.341 e. The van der Waals surface area contributed by atoms with Crippen LogP contribution < -0.4 is 0 Å². The largest absolute Gasteiger partial charge is 0.341 e. The highest BCUT2D eigenvalue weighted by atomic mass is 15.2. The van der Waals surface area contributed by atoms with E-state index in [4.69, 9.17) is 9.97 Å². The molecular weight excluding hydrogens is 284 g/mol. The SMILES string of the molecule is c1cnc2c(c1)CCC1CCN(Cc3nc4ccccc4[nH]3)C21. The number of para-hydroxylation sites is 2. The number of hydrogen-bond acceptors (Lipinski definition) is 3. The number of imidazole rings is 1. The Balaban J connectivity index is 1.47. The summed E-state index contributed by atoms with van der Waals surface area (Å²) in [4.78, 5) is 15.5. The zero-order valence-corrected chi connectivity index (χ0v) is 13.1. The normalized spacial score (nSPS) is 23.8. The molecule has 0 radical (unpaired) electrons. The van der Waals surface area contributed by atoms with Crippen LogP contribution in [0.25, 0.3) is 11.0 Å². The molecule has 3 aromatic rings. The van der Waals surface area contributed by atoms with Gasteiger partial charge in [0, 0.05) is 6.20 Å². The fraction of sp³-hybridized carbons (Fsp3) is 0.368. The summed E-state index contributed by atoms with van der Waals surface area (Å²) < 4.78 is 0. The van der Waals surface area contributed by atoms with Crippen LogP contribution in [-0.4, -0.2) is 26.4 Å². The lowest BCUT2D eigenvalue weighted by Crippen LogP contribution is -2.29. The smallest absolute Gasteiger partial charge is 0.121 e. The fourth-order valence-corrected chi connectivity index (χ4v) is 4.34. The van der Waals surface area contributed by atoms with Crippen molar-refractivity contribution in [2.45, 2.75) is 31.8 Å². The second kappa shape index (κ2) is 5.17. The van der Waals surface area contributed by atoms with E-state index in [0.29, 0.717) is 6.04 Å². The maximum atomic E-state index is 4.75. The molecule has 0 spiro atoms. The number of nitrogens with zero attached hydrogens (tertiary/aromatic N) is 3. The molecule has 1 aliphatic heterocycles. The molecule has 23 heavy (non-hydrogen) atoms. The van der Waals surface area contributed by atoms with Gasteiger partial charge in [-0.15, -0.1) is 0 Å². The maximum absolute atomic E-state index is 4.75. The molecule has 2 atom stereocenters. The Morgan fingerprint density at radius 2 is 2.09 bits per heavy atom. The van der Waals surface area contributed by atoms with Crippen molar-refractivity contribution in [3.05, 3.63) is 59.7 Å². The van der Waals surface area contributed by atoms with E-state index in [-0.39, 0.29) is 0 Å². The van der Waals surface area contributed by atoms with Crippen LogP contribution in [0.2, 0.25) is 0 Å². The first-order valence-electron chi connectivity index (χ1n) is 8.50. The zero-order chi connectivity index (χ0) is 15.2. The van der Waals surface area contributed by atoms with Crippen molar-refractivity contribution >= 4 is 11.0 Å². The summed E-state index contributed by atoms with van der Waals surface area (Å²) >= 11 is 0. The van der Waals surface area contributed by atoms with Gasteiger partial charge in [0.05, 0.1) is 29.3 Å². The van der Waals surface area contributed by atoms with Gasteiger partial charge in [0.1, 0.15) is 5.82 Å². The molecule has 116 valence electrons. The van der Waals surface area contributed by atoms with Crippen molar-refractivity contribution in [3.8, 4) is 0 Å². The Hall–Kier alpha value is -2.20. The highest BCUT2D eigenvalue weighted by molar-refractivity contribution is 5.74. The molecule has 0 amide bonds. The van der Waals surface area contributed by atoms with Crippen LogP contribution in [0.1, 0.15) is 36.0 Å². The van der Waals surface area contributed by atoms with Gasteiger partial charge in [-0.25, -0.2) is 4.98 Å². The average Bonchev–Trinajstić information content (AvgIpc) is 3.19. The number of nitrogens with one attached hydrogen (secondary N) is 1. The number of H-pyrrole nitrogens is 1. The Morgan fingerprint density at radius 1 is 1.13 bits per heavy atom. The summed E-state index contributed by atoms with van der Waals surface area (Å²) in [5, 5.41) is 0. The molecule has 2 aromatic heterocycles. The third-order valence-corrected chi connectivity index (χ3v) is 5.41. The monoisotopic (exact) mass is 304 g/mol. The number of aromatic amines is 1. The summed E-state index contributed by atoms with van der Waals surface area (Å²) in [6.07, 6.45) is 5.70. The molecule has 2 aliphatic rings. The maximum Gasteiger partial charge on any atom is 0.121 e. The van der Waals surface area contributed by atoms with E-state index in [1.54, 1.807) is 0 Å². The van der Waals surface area contributed by atoms with Gasteiger partial charge in [-0.2, -0.15) is 0 Å². The molecule has 1 saturated heterocycles. The van der Waals surface area contributed by atoms with Gasteiger partial charge in [0.25, 0.3) is 0 Å². The van der Waals surface area contributed by atoms with Crippen LogP contribution in [-0.2, 0) is 13.0 Å². The number of likely N-dealkylation sites (tertiary alicyclic amines) is 1. The van der Waals surface area contributed by atoms with Gasteiger partial charge in [0.15, 0.2) is 0 Å². The third kappa shape index (κ3) is 2.17. The van der Waals surface area contributed by atoms with Gasteiger partial charge in [-0.3, -0.25) is 9.88 Å². The highest BCUT2D eigenvalue weighted by Gasteiger charge is 2.39. The van der Waals surface area contributed by atoms with Crippen molar-refractivity contribution in [2.24, 2.45) is 5.92 Å². The van der Waals surface area contributed by atoms with Crippen LogP contribution in [0.3, 0.4) is 0 Å². The number of aryl methyl sites for hydroxylation is 1. The molecule has 1 fully saturated rings. The first-order valence-corrected chi connectivity index (χ1v) is 8.50. The van der Waals surface area contributed by atoms with Gasteiger partial charge in [-0.1, -0.05) is 18.2 Å². The van der Waals surface area contributed by atoms with Crippen LogP contribution >= 0.6 is 0 Å². The summed E-state index contributed by atoms with van der Waals surface area (Å²) in [5.41, 5.74) is 4.92. The summed E-state index contributed by atoms with van der Waals surface area (Å²) in [5.74, 6) is 1.82. The van der Waals surface area contributed by atoms with E-state index >= 15 is 0 Å². The lowest BCUT2D eigenvalue weighted by atomic mass is 9.83. The van der Waals surface area contributed by atoms with E-state index in [0.717, 1.165) is 35.9 Å². The van der Waals surface area contributed by atoms with Gasteiger partial charge < -0.3 is 4.98 Å². The second-order valence-corrected chi connectivity index (χ2v) is 6.75. The molecule has 1 aromatic carbocycles. The lowest BCUT2D eigenvalue weighted by molar-refractivity contribution is 0.198. The Bertz CT molecular complexity index is 820.